The lowest BCUT2D eigenvalue weighted by molar-refractivity contribution is -0.128. The zero-order valence-electron chi connectivity index (χ0n) is 17.8. The maximum atomic E-state index is 13.9. The number of benzene rings is 2. The molecule has 0 N–H and O–H groups in total. The monoisotopic (exact) mass is 425 g/mol. The number of nitrogens with zero attached hydrogens (tertiary/aromatic N) is 3. The van der Waals surface area contributed by atoms with Crippen LogP contribution in [0.4, 0.5) is 4.39 Å². The lowest BCUT2D eigenvalue weighted by atomic mass is 10.1. The topological polar surface area (TPSA) is 53.1 Å². The number of halogens is 1. The first kappa shape index (κ1) is 21.3. The number of hydrogen-bond acceptors (Lipinski definition) is 4. The molecule has 164 valence electrons. The summed E-state index contributed by atoms with van der Waals surface area (Å²) in [5, 5.41) is 0. The molecule has 0 atom stereocenters. The van der Waals surface area contributed by atoms with Crippen LogP contribution in [0.3, 0.4) is 0 Å². The molecule has 2 fully saturated rings. The van der Waals surface area contributed by atoms with E-state index in [-0.39, 0.29) is 23.4 Å². The molecule has 31 heavy (non-hydrogen) atoms. The third-order valence-corrected chi connectivity index (χ3v) is 6.00. The predicted octanol–water partition coefficient (Wildman–Crippen LogP) is 2.91. The van der Waals surface area contributed by atoms with Gasteiger partial charge in [0.15, 0.2) is 11.6 Å². The number of hydrogen-bond donors (Lipinski definition) is 0. The molecule has 0 bridgehead atoms. The van der Waals surface area contributed by atoms with Gasteiger partial charge in [-0.25, -0.2) is 4.39 Å². The number of amides is 2. The van der Waals surface area contributed by atoms with E-state index in [4.69, 9.17) is 4.74 Å². The second-order valence-electron chi connectivity index (χ2n) is 8.16. The Bertz CT molecular complexity index is 957. The molecule has 7 heteroatoms. The molecule has 0 spiro atoms. The van der Waals surface area contributed by atoms with Crippen LogP contribution in [0.2, 0.25) is 0 Å². The van der Waals surface area contributed by atoms with E-state index in [0.717, 1.165) is 37.2 Å². The number of rotatable bonds is 6. The Morgan fingerprint density at radius 3 is 2.45 bits per heavy atom. The highest BCUT2D eigenvalue weighted by atomic mass is 19.1. The Kier molecular flexibility index (Phi) is 6.51. The number of piperazine rings is 1. The van der Waals surface area contributed by atoms with Gasteiger partial charge >= 0.3 is 0 Å². The smallest absolute Gasteiger partial charge is 0.253 e. The van der Waals surface area contributed by atoms with Crippen LogP contribution >= 0.6 is 0 Å². The predicted molar refractivity (Wildman–Crippen MR) is 115 cm³/mol. The van der Waals surface area contributed by atoms with Crippen molar-refractivity contribution in [2.45, 2.75) is 25.9 Å². The fourth-order valence-corrected chi connectivity index (χ4v) is 4.25. The Morgan fingerprint density at radius 2 is 1.77 bits per heavy atom. The molecule has 0 aliphatic carbocycles. The maximum Gasteiger partial charge on any atom is 0.253 e. The molecule has 2 amide bonds. The van der Waals surface area contributed by atoms with Gasteiger partial charge in [0, 0.05) is 57.8 Å². The van der Waals surface area contributed by atoms with E-state index in [2.05, 4.69) is 4.90 Å². The average molecular weight is 426 g/mol. The maximum absolute atomic E-state index is 13.9. The summed E-state index contributed by atoms with van der Waals surface area (Å²) >= 11 is 0. The minimum atomic E-state index is -0.357. The van der Waals surface area contributed by atoms with Gasteiger partial charge in [-0.3, -0.25) is 14.5 Å². The molecule has 0 aromatic heterocycles. The molecule has 0 saturated carbocycles. The van der Waals surface area contributed by atoms with Gasteiger partial charge in [0.05, 0.1) is 7.11 Å². The van der Waals surface area contributed by atoms with Crippen molar-refractivity contribution < 1.29 is 18.7 Å². The van der Waals surface area contributed by atoms with Crippen LogP contribution < -0.4 is 4.74 Å². The quantitative estimate of drug-likeness (QED) is 0.714. The van der Waals surface area contributed by atoms with Crippen LogP contribution in [0.1, 0.15) is 34.3 Å². The standard InChI is InChI=1S/C24H28FN3O3/c1-31-22-8-7-19(15-21(22)25)16-26-10-12-27(13-11-26)24(30)20-5-2-4-18(14-20)17-28-9-3-6-23(28)29/h2,4-5,7-8,14-15H,3,6,9-13,16-17H2,1H3. The van der Waals surface area contributed by atoms with E-state index in [0.29, 0.717) is 38.2 Å². The summed E-state index contributed by atoms with van der Waals surface area (Å²) in [5.74, 6) is 0.0918. The highest BCUT2D eigenvalue weighted by Crippen LogP contribution is 2.20. The van der Waals surface area contributed by atoms with E-state index < -0.39 is 0 Å². The van der Waals surface area contributed by atoms with Crippen LogP contribution in [0.15, 0.2) is 42.5 Å². The molecule has 4 rings (SSSR count). The molecular formula is C24H28FN3O3. The minimum Gasteiger partial charge on any atom is -0.494 e. The molecule has 2 heterocycles. The summed E-state index contributed by atoms with van der Waals surface area (Å²) in [7, 11) is 1.45. The summed E-state index contributed by atoms with van der Waals surface area (Å²) in [6.07, 6.45) is 1.52. The van der Waals surface area contributed by atoms with Crippen LogP contribution in [0, 0.1) is 5.82 Å². The first-order valence-corrected chi connectivity index (χ1v) is 10.7. The first-order chi connectivity index (χ1) is 15.0. The molecular weight excluding hydrogens is 397 g/mol. The fourth-order valence-electron chi connectivity index (χ4n) is 4.25. The van der Waals surface area contributed by atoms with Crippen LogP contribution in [0.25, 0.3) is 0 Å². The number of carbonyl (C=O) groups is 2. The van der Waals surface area contributed by atoms with Gasteiger partial charge in [-0.15, -0.1) is 0 Å². The summed E-state index contributed by atoms with van der Waals surface area (Å²) < 4.78 is 18.9. The van der Waals surface area contributed by atoms with Gasteiger partial charge in [-0.1, -0.05) is 18.2 Å². The second kappa shape index (κ2) is 9.47. The van der Waals surface area contributed by atoms with Crippen molar-refractivity contribution in [2.75, 3.05) is 39.8 Å². The molecule has 2 aliphatic rings. The van der Waals surface area contributed by atoms with Crippen molar-refractivity contribution in [2.24, 2.45) is 0 Å². The van der Waals surface area contributed by atoms with E-state index >= 15 is 0 Å². The molecule has 2 aromatic rings. The molecule has 0 radical (unpaired) electrons. The second-order valence-corrected chi connectivity index (χ2v) is 8.16. The Hall–Kier alpha value is -2.93. The summed E-state index contributed by atoms with van der Waals surface area (Å²) in [5.41, 5.74) is 2.54. The van der Waals surface area contributed by atoms with Crippen molar-refractivity contribution in [3.63, 3.8) is 0 Å². The van der Waals surface area contributed by atoms with Gasteiger partial charge in [-0.2, -0.15) is 0 Å². The van der Waals surface area contributed by atoms with E-state index in [1.807, 2.05) is 40.1 Å². The number of ether oxygens (including phenoxy) is 1. The third kappa shape index (κ3) is 5.05. The van der Waals surface area contributed by atoms with Crippen molar-refractivity contribution >= 4 is 11.8 Å². The SMILES string of the molecule is COc1ccc(CN2CCN(C(=O)c3cccc(CN4CCCC4=O)c3)CC2)cc1F. The van der Waals surface area contributed by atoms with Crippen LogP contribution in [-0.2, 0) is 17.9 Å². The van der Waals surface area contributed by atoms with Crippen molar-refractivity contribution in [3.05, 3.63) is 65.0 Å². The van der Waals surface area contributed by atoms with E-state index in [9.17, 15) is 14.0 Å². The molecule has 2 aromatic carbocycles. The van der Waals surface area contributed by atoms with Gasteiger partial charge in [0.25, 0.3) is 5.91 Å². The zero-order chi connectivity index (χ0) is 21.8. The van der Waals surface area contributed by atoms with Crippen LogP contribution in [0.5, 0.6) is 5.75 Å². The average Bonchev–Trinajstić information content (AvgIpc) is 3.18. The van der Waals surface area contributed by atoms with E-state index in [1.165, 1.54) is 13.2 Å². The number of methoxy groups -OCH3 is 1. The molecule has 2 saturated heterocycles. The largest absolute Gasteiger partial charge is 0.494 e. The number of likely N-dealkylation sites (tertiary alicyclic amines) is 1. The van der Waals surface area contributed by atoms with Crippen LogP contribution in [-0.4, -0.2) is 66.3 Å². The summed E-state index contributed by atoms with van der Waals surface area (Å²) in [6, 6.07) is 12.6. The Labute approximate surface area is 182 Å². The lowest BCUT2D eigenvalue weighted by Gasteiger charge is -2.35. The van der Waals surface area contributed by atoms with Crippen molar-refractivity contribution in [1.82, 2.24) is 14.7 Å². The molecule has 2 aliphatic heterocycles. The van der Waals surface area contributed by atoms with Gasteiger partial charge in [-0.05, 0) is 41.8 Å². The van der Waals surface area contributed by atoms with E-state index in [1.54, 1.807) is 6.07 Å². The van der Waals surface area contributed by atoms with Gasteiger partial charge in [0.2, 0.25) is 5.91 Å². The molecule has 6 nitrogen and oxygen atoms in total. The highest BCUT2D eigenvalue weighted by Gasteiger charge is 2.24. The fraction of sp³-hybridized carbons (Fsp3) is 0.417. The first-order valence-electron chi connectivity index (χ1n) is 10.7. The Balaban J connectivity index is 1.32. The van der Waals surface area contributed by atoms with Crippen molar-refractivity contribution in [1.29, 1.82) is 0 Å². The lowest BCUT2D eigenvalue weighted by Crippen LogP contribution is -2.48. The Morgan fingerprint density at radius 1 is 1.00 bits per heavy atom. The molecule has 0 unspecified atom stereocenters. The van der Waals surface area contributed by atoms with Crippen molar-refractivity contribution in [3.8, 4) is 5.75 Å². The van der Waals surface area contributed by atoms with Gasteiger partial charge in [0.1, 0.15) is 0 Å². The summed E-state index contributed by atoms with van der Waals surface area (Å²) in [4.78, 5) is 30.8. The zero-order valence-corrected chi connectivity index (χ0v) is 17.8. The minimum absolute atomic E-state index is 0.0183. The normalized spacial score (nSPS) is 17.3. The van der Waals surface area contributed by atoms with Gasteiger partial charge < -0.3 is 14.5 Å². The highest BCUT2D eigenvalue weighted by molar-refractivity contribution is 5.94. The third-order valence-electron chi connectivity index (χ3n) is 6.00. The summed E-state index contributed by atoms with van der Waals surface area (Å²) in [6.45, 7) is 4.73. The number of carbonyl (C=O) groups excluding carboxylic acids is 2.